The van der Waals surface area contributed by atoms with Gasteiger partial charge in [-0.15, -0.1) is 24.8 Å². The molecule has 1 aliphatic heterocycles. The van der Waals surface area contributed by atoms with Gasteiger partial charge in [0.05, 0.1) is 0 Å². The fourth-order valence-electron chi connectivity index (χ4n) is 2.84. The van der Waals surface area contributed by atoms with Gasteiger partial charge >= 0.3 is 0 Å². The zero-order valence-corrected chi connectivity index (χ0v) is 16.2. The summed E-state index contributed by atoms with van der Waals surface area (Å²) in [5.74, 6) is 0.1000. The molecule has 1 aromatic rings. The fraction of sp³-hybridized carbons (Fsp3) is 0.611. The molecule has 0 saturated carbocycles. The quantitative estimate of drug-likeness (QED) is 0.769. The highest BCUT2D eigenvalue weighted by atomic mass is 35.5. The smallest absolute Gasteiger partial charge is 0.221 e. The lowest BCUT2D eigenvalue weighted by atomic mass is 10.1. The van der Waals surface area contributed by atoms with Crippen LogP contribution in [0.1, 0.15) is 43.2 Å². The highest BCUT2D eigenvalue weighted by Gasteiger charge is 2.09. The summed E-state index contributed by atoms with van der Waals surface area (Å²) in [5.41, 5.74) is 2.53. The molecule has 0 aromatic heterocycles. The Morgan fingerprint density at radius 3 is 2.17 bits per heavy atom. The lowest BCUT2D eigenvalue weighted by Crippen LogP contribution is -2.26. The van der Waals surface area contributed by atoms with Crippen LogP contribution in [0.2, 0.25) is 0 Å². The van der Waals surface area contributed by atoms with E-state index in [0.29, 0.717) is 13.0 Å². The molecule has 2 N–H and O–H groups in total. The van der Waals surface area contributed by atoms with Crippen LogP contribution in [0, 0.1) is 0 Å². The largest absolute Gasteiger partial charge is 0.352 e. The Labute approximate surface area is 158 Å². The van der Waals surface area contributed by atoms with E-state index in [9.17, 15) is 4.79 Å². The standard InChI is InChI=1S/C18H29N3O.2ClH/c1-19-11-10-18(22)20-14-16-6-8-17(9-7-16)15-21-12-4-2-3-5-13-21;;/h6-9,19H,2-5,10-15H2,1H3,(H,20,22);2*1H. The van der Waals surface area contributed by atoms with E-state index in [1.54, 1.807) is 0 Å². The van der Waals surface area contributed by atoms with E-state index in [0.717, 1.165) is 18.7 Å². The molecule has 0 atom stereocenters. The first-order valence-electron chi connectivity index (χ1n) is 8.49. The highest BCUT2D eigenvalue weighted by molar-refractivity contribution is 5.85. The van der Waals surface area contributed by atoms with Crippen LogP contribution in [0.3, 0.4) is 0 Å². The van der Waals surface area contributed by atoms with Gasteiger partial charge < -0.3 is 10.6 Å². The lowest BCUT2D eigenvalue weighted by molar-refractivity contribution is -0.121. The van der Waals surface area contributed by atoms with Crippen molar-refractivity contribution in [1.82, 2.24) is 15.5 Å². The minimum absolute atomic E-state index is 0. The fourth-order valence-corrected chi connectivity index (χ4v) is 2.84. The van der Waals surface area contributed by atoms with Crippen LogP contribution in [0.4, 0.5) is 0 Å². The molecule has 0 aliphatic carbocycles. The van der Waals surface area contributed by atoms with Crippen molar-refractivity contribution in [3.05, 3.63) is 35.4 Å². The third-order valence-electron chi connectivity index (χ3n) is 4.22. The summed E-state index contributed by atoms with van der Waals surface area (Å²) in [7, 11) is 1.86. The van der Waals surface area contributed by atoms with Crippen molar-refractivity contribution in [2.45, 2.75) is 45.2 Å². The predicted octanol–water partition coefficient (Wildman–Crippen LogP) is 3.13. The topological polar surface area (TPSA) is 44.4 Å². The minimum atomic E-state index is 0. The number of likely N-dealkylation sites (tertiary alicyclic amines) is 1. The summed E-state index contributed by atoms with van der Waals surface area (Å²) >= 11 is 0. The number of halogens is 2. The van der Waals surface area contributed by atoms with Crippen LogP contribution >= 0.6 is 24.8 Å². The number of hydrogen-bond acceptors (Lipinski definition) is 3. The molecule has 138 valence electrons. The molecule has 1 heterocycles. The predicted molar refractivity (Wildman–Crippen MR) is 105 cm³/mol. The molecule has 1 fully saturated rings. The first-order valence-corrected chi connectivity index (χ1v) is 8.49. The van der Waals surface area contributed by atoms with E-state index >= 15 is 0 Å². The molecular formula is C18H31Cl2N3O. The second-order valence-electron chi connectivity index (χ2n) is 6.14. The Morgan fingerprint density at radius 1 is 1.00 bits per heavy atom. The number of hydrogen-bond donors (Lipinski definition) is 2. The molecule has 2 rings (SSSR count). The molecule has 0 bridgehead atoms. The molecule has 24 heavy (non-hydrogen) atoms. The van der Waals surface area contributed by atoms with E-state index in [1.807, 2.05) is 7.05 Å². The third kappa shape index (κ3) is 8.88. The van der Waals surface area contributed by atoms with E-state index in [4.69, 9.17) is 0 Å². The maximum atomic E-state index is 11.6. The highest BCUT2D eigenvalue weighted by Crippen LogP contribution is 2.13. The Kier molecular flexibility index (Phi) is 13.0. The number of benzene rings is 1. The zero-order valence-electron chi connectivity index (χ0n) is 14.6. The number of rotatable bonds is 7. The number of nitrogens with one attached hydrogen (secondary N) is 2. The number of carbonyl (C=O) groups excluding carboxylic acids is 1. The lowest BCUT2D eigenvalue weighted by Gasteiger charge is -2.19. The van der Waals surface area contributed by atoms with Crippen LogP contribution in [-0.2, 0) is 17.9 Å². The van der Waals surface area contributed by atoms with Gasteiger partial charge in [-0.3, -0.25) is 9.69 Å². The number of nitrogens with zero attached hydrogens (tertiary/aromatic N) is 1. The molecule has 0 spiro atoms. The van der Waals surface area contributed by atoms with Crippen molar-refractivity contribution in [1.29, 1.82) is 0 Å². The average Bonchev–Trinajstić information content (AvgIpc) is 2.81. The van der Waals surface area contributed by atoms with Crippen LogP contribution < -0.4 is 10.6 Å². The van der Waals surface area contributed by atoms with Crippen LogP contribution in [0.5, 0.6) is 0 Å². The van der Waals surface area contributed by atoms with Crippen molar-refractivity contribution in [2.75, 3.05) is 26.7 Å². The summed E-state index contributed by atoms with van der Waals surface area (Å²) in [4.78, 5) is 14.1. The first-order chi connectivity index (χ1) is 10.8. The van der Waals surface area contributed by atoms with Gasteiger partial charge in [-0.2, -0.15) is 0 Å². The summed E-state index contributed by atoms with van der Waals surface area (Å²) in [6.07, 6.45) is 5.95. The molecule has 1 aromatic carbocycles. The second kappa shape index (κ2) is 13.5. The molecule has 1 aliphatic rings. The second-order valence-corrected chi connectivity index (χ2v) is 6.14. The molecular weight excluding hydrogens is 345 g/mol. The summed E-state index contributed by atoms with van der Waals surface area (Å²) < 4.78 is 0. The van der Waals surface area contributed by atoms with Gasteiger partial charge in [0.15, 0.2) is 0 Å². The third-order valence-corrected chi connectivity index (χ3v) is 4.22. The van der Waals surface area contributed by atoms with Crippen LogP contribution in [0.15, 0.2) is 24.3 Å². The van der Waals surface area contributed by atoms with Crippen LogP contribution in [-0.4, -0.2) is 37.5 Å². The van der Waals surface area contributed by atoms with Gasteiger partial charge in [-0.1, -0.05) is 37.1 Å². The molecule has 6 heteroatoms. The van der Waals surface area contributed by atoms with Gasteiger partial charge in [0.25, 0.3) is 0 Å². The Morgan fingerprint density at radius 2 is 1.58 bits per heavy atom. The number of amides is 1. The normalized spacial score (nSPS) is 14.9. The maximum Gasteiger partial charge on any atom is 0.221 e. The van der Waals surface area contributed by atoms with E-state index in [-0.39, 0.29) is 30.7 Å². The Bertz CT molecular complexity index is 446. The monoisotopic (exact) mass is 375 g/mol. The van der Waals surface area contributed by atoms with Gasteiger partial charge in [-0.25, -0.2) is 0 Å². The molecule has 1 saturated heterocycles. The van der Waals surface area contributed by atoms with Gasteiger partial charge in [0, 0.05) is 26.1 Å². The van der Waals surface area contributed by atoms with Gasteiger partial charge in [0.1, 0.15) is 0 Å². The van der Waals surface area contributed by atoms with E-state index in [2.05, 4.69) is 39.8 Å². The zero-order chi connectivity index (χ0) is 15.6. The molecule has 0 unspecified atom stereocenters. The Hall–Kier alpha value is -0.810. The SMILES string of the molecule is CNCCC(=O)NCc1ccc(CN2CCCCCC2)cc1.Cl.Cl. The summed E-state index contributed by atoms with van der Waals surface area (Å²) in [5, 5.41) is 5.94. The minimum Gasteiger partial charge on any atom is -0.352 e. The molecule has 0 radical (unpaired) electrons. The van der Waals surface area contributed by atoms with Crippen molar-refractivity contribution in [3.63, 3.8) is 0 Å². The van der Waals surface area contributed by atoms with Crippen molar-refractivity contribution in [3.8, 4) is 0 Å². The average molecular weight is 376 g/mol. The van der Waals surface area contributed by atoms with Gasteiger partial charge in [-0.05, 0) is 44.1 Å². The van der Waals surface area contributed by atoms with Crippen LogP contribution in [0.25, 0.3) is 0 Å². The maximum absolute atomic E-state index is 11.6. The summed E-state index contributed by atoms with van der Waals surface area (Å²) in [6, 6.07) is 8.65. The van der Waals surface area contributed by atoms with Crippen molar-refractivity contribution >= 4 is 30.7 Å². The summed E-state index contributed by atoms with van der Waals surface area (Å²) in [6.45, 7) is 4.84. The van der Waals surface area contributed by atoms with E-state index < -0.39 is 0 Å². The van der Waals surface area contributed by atoms with E-state index in [1.165, 1.54) is 44.3 Å². The molecule has 4 nitrogen and oxygen atoms in total. The number of carbonyl (C=O) groups is 1. The Balaban J connectivity index is 0.00000264. The molecule has 1 amide bonds. The van der Waals surface area contributed by atoms with Gasteiger partial charge in [0.2, 0.25) is 5.91 Å². The van der Waals surface area contributed by atoms with Crippen molar-refractivity contribution < 1.29 is 4.79 Å². The van der Waals surface area contributed by atoms with Crippen molar-refractivity contribution in [2.24, 2.45) is 0 Å². The first kappa shape index (κ1) is 23.2.